The van der Waals surface area contributed by atoms with Crippen LogP contribution in [0, 0.1) is 6.92 Å². The van der Waals surface area contributed by atoms with Gasteiger partial charge in [0, 0.05) is 7.05 Å². The predicted molar refractivity (Wildman–Crippen MR) is 86.8 cm³/mol. The lowest BCUT2D eigenvalue weighted by Crippen LogP contribution is -2.16. The third kappa shape index (κ3) is 3.77. The second-order valence-corrected chi connectivity index (χ2v) is 8.43. The molecule has 1 aromatic carbocycles. The highest BCUT2D eigenvalue weighted by atomic mass is 32.2. The standard InChI is InChI=1S/C14H18N2O6S2/c1-4-13(23(17,18)19)12-9-15-14(16(12)3)22-24(20,21)11-7-5-10(2)6-8-11/h5-9,13H,4H2,1-3H3,(H,17,18,19). The van der Waals surface area contributed by atoms with E-state index in [9.17, 15) is 21.4 Å². The highest BCUT2D eigenvalue weighted by Gasteiger charge is 2.29. The summed E-state index contributed by atoms with van der Waals surface area (Å²) in [4.78, 5) is 3.77. The average molecular weight is 374 g/mol. The summed E-state index contributed by atoms with van der Waals surface area (Å²) in [5.74, 6) is 0. The molecule has 0 fully saturated rings. The third-order valence-corrected chi connectivity index (χ3v) is 6.05. The van der Waals surface area contributed by atoms with E-state index >= 15 is 0 Å². The first-order valence-electron chi connectivity index (χ1n) is 7.05. The number of nitrogens with zero attached hydrogens (tertiary/aromatic N) is 2. The summed E-state index contributed by atoms with van der Waals surface area (Å²) in [6.45, 7) is 3.40. The maximum Gasteiger partial charge on any atom is 0.341 e. The molecular weight excluding hydrogens is 356 g/mol. The number of benzene rings is 1. The quantitative estimate of drug-likeness (QED) is 0.606. The Morgan fingerprint density at radius 1 is 1.21 bits per heavy atom. The van der Waals surface area contributed by atoms with E-state index in [0.717, 1.165) is 5.56 Å². The summed E-state index contributed by atoms with van der Waals surface area (Å²) in [6.07, 6.45) is 1.27. The topological polar surface area (TPSA) is 116 Å². The van der Waals surface area contributed by atoms with E-state index in [0.29, 0.717) is 0 Å². The molecule has 1 unspecified atom stereocenters. The van der Waals surface area contributed by atoms with Gasteiger partial charge >= 0.3 is 16.1 Å². The Balaban J connectivity index is 2.37. The number of hydrogen-bond donors (Lipinski definition) is 1. The molecule has 0 radical (unpaired) electrons. The van der Waals surface area contributed by atoms with Crippen molar-refractivity contribution in [2.24, 2.45) is 7.05 Å². The smallest absolute Gasteiger partial charge is 0.341 e. The molecule has 0 aliphatic carbocycles. The van der Waals surface area contributed by atoms with Gasteiger partial charge in [-0.05, 0) is 25.5 Å². The van der Waals surface area contributed by atoms with Crippen LogP contribution in [0.1, 0.15) is 29.9 Å². The van der Waals surface area contributed by atoms with E-state index in [2.05, 4.69) is 4.98 Å². The molecule has 1 aromatic heterocycles. The molecule has 0 aliphatic heterocycles. The Kier molecular flexibility index (Phi) is 5.02. The van der Waals surface area contributed by atoms with E-state index in [1.807, 2.05) is 6.92 Å². The highest BCUT2D eigenvalue weighted by Crippen LogP contribution is 2.28. The molecular formula is C14H18N2O6S2. The van der Waals surface area contributed by atoms with Crippen LogP contribution in [-0.2, 0) is 27.3 Å². The first-order chi connectivity index (χ1) is 11.1. The van der Waals surface area contributed by atoms with Crippen molar-refractivity contribution >= 4 is 20.2 Å². The SMILES string of the molecule is CCC(c1cnc(OS(=O)(=O)c2ccc(C)cc2)n1C)S(=O)(=O)O. The van der Waals surface area contributed by atoms with Crippen molar-refractivity contribution in [3.8, 4) is 6.01 Å². The van der Waals surface area contributed by atoms with Crippen LogP contribution in [0.15, 0.2) is 35.4 Å². The first kappa shape index (κ1) is 18.4. The van der Waals surface area contributed by atoms with Gasteiger partial charge in [0.25, 0.3) is 10.1 Å². The van der Waals surface area contributed by atoms with Gasteiger partial charge in [0.1, 0.15) is 10.1 Å². The van der Waals surface area contributed by atoms with E-state index in [1.165, 1.54) is 29.9 Å². The summed E-state index contributed by atoms with van der Waals surface area (Å²) in [7, 11) is -7.03. The van der Waals surface area contributed by atoms with Crippen molar-refractivity contribution in [2.75, 3.05) is 0 Å². The summed E-state index contributed by atoms with van der Waals surface area (Å²) < 4.78 is 62.8. The normalized spacial score (nSPS) is 13.7. The molecule has 1 N–H and O–H groups in total. The first-order valence-corrected chi connectivity index (χ1v) is 9.96. The number of aryl methyl sites for hydroxylation is 1. The van der Waals surface area contributed by atoms with Crippen molar-refractivity contribution in [2.45, 2.75) is 30.4 Å². The number of imidazole rings is 1. The number of rotatable bonds is 6. The van der Waals surface area contributed by atoms with E-state index in [4.69, 9.17) is 4.18 Å². The van der Waals surface area contributed by atoms with Crippen molar-refractivity contribution in [3.05, 3.63) is 41.7 Å². The monoisotopic (exact) mass is 374 g/mol. The zero-order valence-electron chi connectivity index (χ0n) is 13.4. The van der Waals surface area contributed by atoms with Crippen LogP contribution in [0.25, 0.3) is 0 Å². The van der Waals surface area contributed by atoms with Gasteiger partial charge in [0.15, 0.2) is 0 Å². The Bertz CT molecular complexity index is 930. The van der Waals surface area contributed by atoms with Crippen LogP contribution < -0.4 is 4.18 Å². The fourth-order valence-electron chi connectivity index (χ4n) is 2.21. The van der Waals surface area contributed by atoms with E-state index in [1.54, 1.807) is 19.1 Å². The van der Waals surface area contributed by atoms with Crippen molar-refractivity contribution < 1.29 is 25.6 Å². The van der Waals surface area contributed by atoms with Crippen LogP contribution in [-0.4, -0.2) is 30.9 Å². The predicted octanol–water partition coefficient (Wildman–Crippen LogP) is 1.84. The van der Waals surface area contributed by atoms with Crippen LogP contribution in [0.4, 0.5) is 0 Å². The van der Waals surface area contributed by atoms with Crippen molar-refractivity contribution in [3.63, 3.8) is 0 Å². The van der Waals surface area contributed by atoms with Crippen LogP contribution in [0.2, 0.25) is 0 Å². The fourth-order valence-corrected chi connectivity index (χ4v) is 4.07. The van der Waals surface area contributed by atoms with Gasteiger partial charge in [-0.15, -0.1) is 0 Å². The third-order valence-electron chi connectivity index (χ3n) is 3.54. The Hall–Kier alpha value is -1.91. The van der Waals surface area contributed by atoms with Gasteiger partial charge in [-0.3, -0.25) is 9.12 Å². The summed E-state index contributed by atoms with van der Waals surface area (Å²) in [5, 5.41) is -1.21. The highest BCUT2D eigenvalue weighted by molar-refractivity contribution is 7.87. The minimum absolute atomic E-state index is 0.0422. The maximum absolute atomic E-state index is 12.3. The second kappa shape index (κ2) is 6.54. The van der Waals surface area contributed by atoms with Crippen LogP contribution in [0.3, 0.4) is 0 Å². The van der Waals surface area contributed by atoms with Gasteiger partial charge in [-0.1, -0.05) is 24.6 Å². The molecule has 0 saturated heterocycles. The zero-order valence-corrected chi connectivity index (χ0v) is 15.0. The van der Waals surface area contributed by atoms with Crippen LogP contribution >= 0.6 is 0 Å². The summed E-state index contributed by atoms with van der Waals surface area (Å²) in [5.41, 5.74) is 1.03. The zero-order chi connectivity index (χ0) is 18.1. The van der Waals surface area contributed by atoms with E-state index in [-0.39, 0.29) is 23.0 Å². The molecule has 0 aliphatic rings. The molecule has 8 nitrogen and oxygen atoms in total. The lowest BCUT2D eigenvalue weighted by molar-refractivity contribution is 0.446. The largest absolute Gasteiger partial charge is 0.341 e. The second-order valence-electron chi connectivity index (χ2n) is 5.29. The average Bonchev–Trinajstić information content (AvgIpc) is 2.80. The molecule has 132 valence electrons. The van der Waals surface area contributed by atoms with E-state index < -0.39 is 25.5 Å². The van der Waals surface area contributed by atoms with Gasteiger partial charge in [-0.2, -0.15) is 16.8 Å². The van der Waals surface area contributed by atoms with Crippen LogP contribution in [0.5, 0.6) is 6.01 Å². The maximum atomic E-state index is 12.3. The van der Waals surface area contributed by atoms with Gasteiger partial charge in [0.2, 0.25) is 0 Å². The minimum Gasteiger partial charge on any atom is -0.341 e. The molecule has 0 bridgehead atoms. The lowest BCUT2D eigenvalue weighted by Gasteiger charge is -2.13. The molecule has 0 amide bonds. The number of hydrogen-bond acceptors (Lipinski definition) is 6. The van der Waals surface area contributed by atoms with Gasteiger partial charge in [0.05, 0.1) is 11.9 Å². The van der Waals surface area contributed by atoms with Gasteiger partial charge in [-0.25, -0.2) is 4.98 Å². The molecule has 2 rings (SSSR count). The Labute approximate surface area is 141 Å². The molecule has 1 atom stereocenters. The minimum atomic E-state index is -4.34. The van der Waals surface area contributed by atoms with Crippen molar-refractivity contribution in [1.82, 2.24) is 9.55 Å². The Morgan fingerprint density at radius 3 is 2.29 bits per heavy atom. The Morgan fingerprint density at radius 2 is 1.79 bits per heavy atom. The number of aromatic nitrogens is 2. The molecule has 1 heterocycles. The molecule has 24 heavy (non-hydrogen) atoms. The molecule has 0 saturated carbocycles. The lowest BCUT2D eigenvalue weighted by atomic mass is 10.2. The summed E-state index contributed by atoms with van der Waals surface area (Å²) in [6, 6.07) is 5.79. The molecule has 2 aromatic rings. The summed E-state index contributed by atoms with van der Waals surface area (Å²) >= 11 is 0. The molecule has 0 spiro atoms. The fraction of sp³-hybridized carbons (Fsp3) is 0.357. The molecule has 10 heteroatoms. The van der Waals surface area contributed by atoms with Gasteiger partial charge < -0.3 is 4.18 Å². The van der Waals surface area contributed by atoms with Crippen molar-refractivity contribution in [1.29, 1.82) is 0 Å².